The molecule has 0 spiro atoms. The maximum absolute atomic E-state index is 13.9. The highest BCUT2D eigenvalue weighted by Crippen LogP contribution is 2.31. The van der Waals surface area contributed by atoms with Gasteiger partial charge in [-0.2, -0.15) is 0 Å². The number of hydrogen-bond acceptors (Lipinski definition) is 4. The third-order valence-corrected chi connectivity index (χ3v) is 8.62. The quantitative estimate of drug-likeness (QED) is 0.352. The van der Waals surface area contributed by atoms with Gasteiger partial charge in [0.05, 0.1) is 10.6 Å². The zero-order chi connectivity index (χ0) is 28.0. The molecule has 202 valence electrons. The predicted octanol–water partition coefficient (Wildman–Crippen LogP) is 5.36. The van der Waals surface area contributed by atoms with Crippen LogP contribution < -0.4 is 9.62 Å². The second-order valence-corrected chi connectivity index (χ2v) is 11.6. The van der Waals surface area contributed by atoms with Gasteiger partial charge in [-0.3, -0.25) is 13.9 Å². The van der Waals surface area contributed by atoms with E-state index in [9.17, 15) is 18.0 Å². The summed E-state index contributed by atoms with van der Waals surface area (Å²) in [5.41, 5.74) is 2.43. The van der Waals surface area contributed by atoms with Crippen molar-refractivity contribution in [3.63, 3.8) is 0 Å². The van der Waals surface area contributed by atoms with Crippen LogP contribution in [0, 0.1) is 13.8 Å². The number of hydrogen-bond donors (Lipinski definition) is 1. The number of nitrogens with zero attached hydrogens (tertiary/aromatic N) is 2. The van der Waals surface area contributed by atoms with E-state index in [1.807, 2.05) is 6.92 Å². The zero-order valence-electron chi connectivity index (χ0n) is 21.7. The van der Waals surface area contributed by atoms with Gasteiger partial charge in [-0.1, -0.05) is 59.1 Å². The lowest BCUT2D eigenvalue weighted by Gasteiger charge is -2.32. The van der Waals surface area contributed by atoms with E-state index in [-0.39, 0.29) is 23.0 Å². The van der Waals surface area contributed by atoms with Crippen LogP contribution in [-0.4, -0.2) is 44.3 Å². The molecule has 1 unspecified atom stereocenters. The maximum atomic E-state index is 13.9. The number of likely N-dealkylation sites (N-methyl/N-ethyl adjacent to an activating group) is 1. The molecule has 0 aliphatic carbocycles. The predicted molar refractivity (Wildman–Crippen MR) is 152 cm³/mol. The molecular formula is C28H31Cl2N3O4S. The van der Waals surface area contributed by atoms with Crippen molar-refractivity contribution in [3.05, 3.63) is 93.5 Å². The minimum absolute atomic E-state index is 0.0382. The van der Waals surface area contributed by atoms with Crippen LogP contribution in [0.1, 0.15) is 30.5 Å². The molecule has 3 aromatic rings. The average Bonchev–Trinajstić information content (AvgIpc) is 2.88. The average molecular weight is 577 g/mol. The van der Waals surface area contributed by atoms with Crippen molar-refractivity contribution in [2.24, 2.45) is 0 Å². The number of anilines is 1. The molecule has 0 fully saturated rings. The molecule has 3 rings (SSSR count). The molecule has 10 heteroatoms. The Bertz CT molecular complexity index is 1390. The number of aryl methyl sites for hydroxylation is 1. The van der Waals surface area contributed by atoms with Crippen molar-refractivity contribution in [2.45, 2.75) is 45.2 Å². The standard InChI is InChI=1S/C28H31Cl2N3O4S/c1-5-31-28(35)21(4)32(17-22-11-13-23(29)14-12-22)27(34)18-33(26-8-6-7-25(30)20(26)3)38(36,37)24-15-9-19(2)10-16-24/h6-16,21H,5,17-18H2,1-4H3,(H,31,35). The van der Waals surface area contributed by atoms with Crippen LogP contribution in [0.3, 0.4) is 0 Å². The van der Waals surface area contributed by atoms with Gasteiger partial charge in [0, 0.05) is 23.1 Å². The van der Waals surface area contributed by atoms with Crippen molar-refractivity contribution in [1.82, 2.24) is 10.2 Å². The van der Waals surface area contributed by atoms with E-state index in [0.717, 1.165) is 15.4 Å². The third-order valence-electron chi connectivity index (χ3n) is 6.18. The second kappa shape index (κ2) is 12.7. The Balaban J connectivity index is 2.07. The van der Waals surface area contributed by atoms with Crippen LogP contribution in [-0.2, 0) is 26.2 Å². The minimum atomic E-state index is -4.16. The lowest BCUT2D eigenvalue weighted by molar-refractivity contribution is -0.139. The monoisotopic (exact) mass is 575 g/mol. The Morgan fingerprint density at radius 3 is 2.18 bits per heavy atom. The molecule has 0 aliphatic rings. The first kappa shape index (κ1) is 29.5. The van der Waals surface area contributed by atoms with E-state index in [4.69, 9.17) is 23.2 Å². The Labute approximate surface area is 234 Å². The van der Waals surface area contributed by atoms with Gasteiger partial charge in [-0.05, 0) is 75.2 Å². The number of benzene rings is 3. The van der Waals surface area contributed by atoms with E-state index in [1.54, 1.807) is 75.4 Å². The van der Waals surface area contributed by atoms with Crippen molar-refractivity contribution in [1.29, 1.82) is 0 Å². The zero-order valence-corrected chi connectivity index (χ0v) is 24.1. The van der Waals surface area contributed by atoms with Crippen LogP contribution in [0.5, 0.6) is 0 Å². The highest BCUT2D eigenvalue weighted by atomic mass is 35.5. The molecule has 0 aromatic heterocycles. The first-order valence-corrected chi connectivity index (χ1v) is 14.3. The molecule has 38 heavy (non-hydrogen) atoms. The van der Waals surface area contributed by atoms with Crippen molar-refractivity contribution >= 4 is 50.7 Å². The second-order valence-electron chi connectivity index (χ2n) is 8.93. The van der Waals surface area contributed by atoms with Gasteiger partial charge in [-0.25, -0.2) is 8.42 Å². The lowest BCUT2D eigenvalue weighted by atomic mass is 10.1. The molecule has 0 radical (unpaired) electrons. The highest BCUT2D eigenvalue weighted by Gasteiger charge is 2.33. The topological polar surface area (TPSA) is 86.8 Å². The number of amides is 2. The Hall–Kier alpha value is -3.07. The van der Waals surface area contributed by atoms with Crippen LogP contribution in [0.2, 0.25) is 10.0 Å². The number of sulfonamides is 1. The van der Waals surface area contributed by atoms with Crippen LogP contribution in [0.4, 0.5) is 5.69 Å². The summed E-state index contributed by atoms with van der Waals surface area (Å²) >= 11 is 12.4. The smallest absolute Gasteiger partial charge is 0.264 e. The Morgan fingerprint density at radius 1 is 0.947 bits per heavy atom. The van der Waals surface area contributed by atoms with E-state index in [0.29, 0.717) is 22.2 Å². The van der Waals surface area contributed by atoms with Crippen molar-refractivity contribution < 1.29 is 18.0 Å². The number of rotatable bonds is 10. The summed E-state index contributed by atoms with van der Waals surface area (Å²) in [5, 5.41) is 3.64. The first-order chi connectivity index (χ1) is 17.9. The van der Waals surface area contributed by atoms with Crippen LogP contribution in [0.25, 0.3) is 0 Å². The normalized spacial score (nSPS) is 12.1. The molecule has 2 amide bonds. The number of nitrogens with one attached hydrogen (secondary N) is 1. The SMILES string of the molecule is CCNC(=O)C(C)N(Cc1ccc(Cl)cc1)C(=O)CN(c1cccc(Cl)c1C)S(=O)(=O)c1ccc(C)cc1. The molecule has 0 heterocycles. The molecule has 1 N–H and O–H groups in total. The fraction of sp³-hybridized carbons (Fsp3) is 0.286. The van der Waals surface area contributed by atoms with Gasteiger partial charge in [0.2, 0.25) is 11.8 Å². The minimum Gasteiger partial charge on any atom is -0.355 e. The van der Waals surface area contributed by atoms with Gasteiger partial charge in [-0.15, -0.1) is 0 Å². The molecule has 0 bridgehead atoms. The molecule has 0 saturated heterocycles. The molecule has 0 aliphatic heterocycles. The molecule has 0 saturated carbocycles. The van der Waals surface area contributed by atoms with E-state index in [1.165, 1.54) is 17.0 Å². The number of carbonyl (C=O) groups excluding carboxylic acids is 2. The first-order valence-electron chi connectivity index (χ1n) is 12.1. The third kappa shape index (κ3) is 6.87. The van der Waals surface area contributed by atoms with Crippen LogP contribution >= 0.6 is 23.2 Å². The summed E-state index contributed by atoms with van der Waals surface area (Å²) in [5.74, 6) is -0.893. The van der Waals surface area contributed by atoms with Crippen LogP contribution in [0.15, 0.2) is 71.6 Å². The number of carbonyl (C=O) groups is 2. The summed E-state index contributed by atoms with van der Waals surface area (Å²) in [7, 11) is -4.16. The number of halogens is 2. The van der Waals surface area contributed by atoms with Gasteiger partial charge >= 0.3 is 0 Å². The highest BCUT2D eigenvalue weighted by molar-refractivity contribution is 7.92. The Morgan fingerprint density at radius 2 is 1.58 bits per heavy atom. The molecule has 1 atom stereocenters. The summed E-state index contributed by atoms with van der Waals surface area (Å²) in [4.78, 5) is 28.0. The fourth-order valence-electron chi connectivity index (χ4n) is 3.91. The van der Waals surface area contributed by atoms with Crippen molar-refractivity contribution in [2.75, 3.05) is 17.4 Å². The van der Waals surface area contributed by atoms with Crippen molar-refractivity contribution in [3.8, 4) is 0 Å². The Kier molecular flexibility index (Phi) is 9.82. The largest absolute Gasteiger partial charge is 0.355 e. The summed E-state index contributed by atoms with van der Waals surface area (Å²) in [6.07, 6.45) is 0. The van der Waals surface area contributed by atoms with E-state index < -0.39 is 28.5 Å². The molecular weight excluding hydrogens is 545 g/mol. The van der Waals surface area contributed by atoms with E-state index >= 15 is 0 Å². The fourth-order valence-corrected chi connectivity index (χ4v) is 5.68. The summed E-state index contributed by atoms with van der Waals surface area (Å²) in [6.45, 7) is 6.90. The summed E-state index contributed by atoms with van der Waals surface area (Å²) < 4.78 is 28.8. The summed E-state index contributed by atoms with van der Waals surface area (Å²) in [6, 6.07) is 17.3. The molecule has 3 aromatic carbocycles. The molecule has 7 nitrogen and oxygen atoms in total. The van der Waals surface area contributed by atoms with Gasteiger partial charge in [0.1, 0.15) is 12.6 Å². The lowest BCUT2D eigenvalue weighted by Crippen LogP contribution is -2.51. The van der Waals surface area contributed by atoms with E-state index in [2.05, 4.69) is 5.32 Å². The van der Waals surface area contributed by atoms with Gasteiger partial charge in [0.25, 0.3) is 10.0 Å². The van der Waals surface area contributed by atoms with Gasteiger partial charge < -0.3 is 10.2 Å². The maximum Gasteiger partial charge on any atom is 0.264 e. The van der Waals surface area contributed by atoms with Gasteiger partial charge in [0.15, 0.2) is 0 Å².